The van der Waals surface area contributed by atoms with E-state index < -0.39 is 0 Å². The molecular weight excluding hydrogens is 214 g/mol. The molecule has 1 rings (SSSR count). The van der Waals surface area contributed by atoms with Gasteiger partial charge in [-0.2, -0.15) is 0 Å². The molecule has 1 aromatic carbocycles. The number of hydrogen-bond donors (Lipinski definition) is 1. The lowest BCUT2D eigenvalue weighted by Crippen LogP contribution is -2.17. The van der Waals surface area contributed by atoms with E-state index in [-0.39, 0.29) is 5.97 Å². The largest absolute Gasteiger partial charge is 0.465 e. The third-order valence-electron chi connectivity index (χ3n) is 2.52. The minimum atomic E-state index is -0.301. The molecule has 0 heterocycles. The number of carbonyl (C=O) groups is 1. The summed E-state index contributed by atoms with van der Waals surface area (Å²) >= 11 is 0. The normalized spacial score (nSPS) is 12.3. The van der Waals surface area contributed by atoms with Crippen molar-refractivity contribution in [1.82, 2.24) is 0 Å². The second kappa shape index (κ2) is 6.28. The van der Waals surface area contributed by atoms with E-state index in [2.05, 4.69) is 26.1 Å². The van der Waals surface area contributed by atoms with Crippen LogP contribution >= 0.6 is 0 Å². The molecule has 1 aromatic rings. The summed E-state index contributed by atoms with van der Waals surface area (Å²) in [4.78, 5) is 11.4. The van der Waals surface area contributed by atoms with Crippen LogP contribution in [0.5, 0.6) is 0 Å². The first-order chi connectivity index (χ1) is 8.02. The number of benzene rings is 1. The molecule has 1 unspecified atom stereocenters. The fourth-order valence-corrected chi connectivity index (χ4v) is 1.90. The zero-order valence-corrected chi connectivity index (χ0v) is 11.0. The summed E-state index contributed by atoms with van der Waals surface area (Å²) in [5, 5.41) is 3.38. The maximum Gasteiger partial charge on any atom is 0.337 e. The summed E-state index contributed by atoms with van der Waals surface area (Å²) in [5.74, 6) is 0.353. The summed E-state index contributed by atoms with van der Waals surface area (Å²) in [6.45, 7) is 6.54. The summed E-state index contributed by atoms with van der Waals surface area (Å²) in [6, 6.07) is 7.79. The molecule has 1 N–H and O–H groups in total. The van der Waals surface area contributed by atoms with E-state index in [0.717, 1.165) is 12.1 Å². The highest BCUT2D eigenvalue weighted by Crippen LogP contribution is 2.15. The smallest absolute Gasteiger partial charge is 0.337 e. The molecule has 1 atom stereocenters. The fraction of sp³-hybridized carbons (Fsp3) is 0.500. The fourth-order valence-electron chi connectivity index (χ4n) is 1.90. The van der Waals surface area contributed by atoms with Crippen molar-refractivity contribution < 1.29 is 9.53 Å². The summed E-state index contributed by atoms with van der Waals surface area (Å²) in [5.41, 5.74) is 1.54. The van der Waals surface area contributed by atoms with Gasteiger partial charge in [0.15, 0.2) is 0 Å². The molecule has 0 saturated heterocycles. The number of nitrogens with one attached hydrogen (secondary N) is 1. The number of anilines is 1. The quantitative estimate of drug-likeness (QED) is 0.796. The van der Waals surface area contributed by atoms with Crippen molar-refractivity contribution >= 4 is 11.7 Å². The standard InChI is InChI=1S/C14H21NO2/c1-10(2)8-11(3)15-13-7-5-6-12(9-13)14(16)17-4/h5-7,9-11,15H,8H2,1-4H3. The van der Waals surface area contributed by atoms with Crippen molar-refractivity contribution in [3.8, 4) is 0 Å². The Kier molecular flexibility index (Phi) is 5.01. The van der Waals surface area contributed by atoms with Crippen molar-refractivity contribution in [3.63, 3.8) is 0 Å². The van der Waals surface area contributed by atoms with Crippen LogP contribution in [0.4, 0.5) is 5.69 Å². The van der Waals surface area contributed by atoms with Crippen molar-refractivity contribution in [1.29, 1.82) is 0 Å². The molecule has 0 spiro atoms. The molecule has 0 radical (unpaired) electrons. The van der Waals surface area contributed by atoms with Gasteiger partial charge in [-0.1, -0.05) is 19.9 Å². The predicted octanol–water partition coefficient (Wildman–Crippen LogP) is 3.32. The number of rotatable bonds is 5. The summed E-state index contributed by atoms with van der Waals surface area (Å²) < 4.78 is 4.69. The minimum absolute atomic E-state index is 0.301. The minimum Gasteiger partial charge on any atom is -0.465 e. The summed E-state index contributed by atoms with van der Waals surface area (Å²) in [6.07, 6.45) is 1.10. The second-order valence-corrected chi connectivity index (χ2v) is 4.75. The van der Waals surface area contributed by atoms with Gasteiger partial charge in [-0.15, -0.1) is 0 Å². The van der Waals surface area contributed by atoms with Crippen LogP contribution in [0.1, 0.15) is 37.6 Å². The number of carbonyl (C=O) groups excluding carboxylic acids is 1. The lowest BCUT2D eigenvalue weighted by molar-refractivity contribution is 0.0601. The van der Waals surface area contributed by atoms with Gasteiger partial charge in [0.2, 0.25) is 0 Å². The Morgan fingerprint density at radius 1 is 1.35 bits per heavy atom. The lowest BCUT2D eigenvalue weighted by atomic mass is 10.0. The first-order valence-electron chi connectivity index (χ1n) is 5.98. The van der Waals surface area contributed by atoms with Crippen LogP contribution in [-0.2, 0) is 4.74 Å². The van der Waals surface area contributed by atoms with Crippen molar-refractivity contribution in [2.45, 2.75) is 33.2 Å². The molecule has 0 bridgehead atoms. The van der Waals surface area contributed by atoms with Gasteiger partial charge in [0.25, 0.3) is 0 Å². The monoisotopic (exact) mass is 235 g/mol. The molecule has 94 valence electrons. The van der Waals surface area contributed by atoms with Crippen LogP contribution in [0.2, 0.25) is 0 Å². The molecule has 3 nitrogen and oxygen atoms in total. The van der Waals surface area contributed by atoms with Crippen molar-refractivity contribution in [3.05, 3.63) is 29.8 Å². The maximum atomic E-state index is 11.4. The van der Waals surface area contributed by atoms with E-state index in [1.807, 2.05) is 18.2 Å². The molecule has 3 heteroatoms. The van der Waals surface area contributed by atoms with Crippen LogP contribution < -0.4 is 5.32 Å². The Labute approximate surface area is 103 Å². The van der Waals surface area contributed by atoms with Gasteiger partial charge < -0.3 is 10.1 Å². The van der Waals surface area contributed by atoms with Crippen LogP contribution in [0, 0.1) is 5.92 Å². The highest BCUT2D eigenvalue weighted by atomic mass is 16.5. The topological polar surface area (TPSA) is 38.3 Å². The highest BCUT2D eigenvalue weighted by Gasteiger charge is 2.08. The van der Waals surface area contributed by atoms with Gasteiger partial charge in [0.05, 0.1) is 12.7 Å². The van der Waals surface area contributed by atoms with E-state index in [1.54, 1.807) is 6.07 Å². The lowest BCUT2D eigenvalue weighted by Gasteiger charge is -2.17. The van der Waals surface area contributed by atoms with E-state index >= 15 is 0 Å². The molecular formula is C14H21NO2. The number of ether oxygens (including phenoxy) is 1. The van der Waals surface area contributed by atoms with E-state index in [4.69, 9.17) is 4.74 Å². The molecule has 0 aliphatic carbocycles. The highest BCUT2D eigenvalue weighted by molar-refractivity contribution is 5.90. The second-order valence-electron chi connectivity index (χ2n) is 4.75. The molecule has 0 aliphatic heterocycles. The van der Waals surface area contributed by atoms with Crippen LogP contribution in [0.25, 0.3) is 0 Å². The Bertz CT molecular complexity index is 374. The van der Waals surface area contributed by atoms with E-state index in [1.165, 1.54) is 7.11 Å². The van der Waals surface area contributed by atoms with Crippen molar-refractivity contribution in [2.24, 2.45) is 5.92 Å². The van der Waals surface area contributed by atoms with Gasteiger partial charge in [0.1, 0.15) is 0 Å². The Hall–Kier alpha value is -1.51. The van der Waals surface area contributed by atoms with Gasteiger partial charge in [-0.25, -0.2) is 4.79 Å². The average molecular weight is 235 g/mol. The van der Waals surface area contributed by atoms with Gasteiger partial charge in [-0.3, -0.25) is 0 Å². The average Bonchev–Trinajstić information content (AvgIpc) is 2.27. The van der Waals surface area contributed by atoms with Crippen LogP contribution in [-0.4, -0.2) is 19.1 Å². The number of esters is 1. The maximum absolute atomic E-state index is 11.4. The molecule has 0 amide bonds. The Morgan fingerprint density at radius 3 is 2.65 bits per heavy atom. The molecule has 17 heavy (non-hydrogen) atoms. The molecule has 0 saturated carbocycles. The number of methoxy groups -OCH3 is 1. The van der Waals surface area contributed by atoms with Gasteiger partial charge in [0, 0.05) is 11.7 Å². The third kappa shape index (κ3) is 4.47. The third-order valence-corrected chi connectivity index (χ3v) is 2.52. The molecule has 0 aliphatic rings. The van der Waals surface area contributed by atoms with Crippen molar-refractivity contribution in [2.75, 3.05) is 12.4 Å². The van der Waals surface area contributed by atoms with Crippen LogP contribution in [0.15, 0.2) is 24.3 Å². The Balaban J connectivity index is 2.68. The van der Waals surface area contributed by atoms with Gasteiger partial charge >= 0.3 is 5.97 Å². The van der Waals surface area contributed by atoms with Gasteiger partial charge in [-0.05, 0) is 37.5 Å². The molecule has 0 fully saturated rings. The Morgan fingerprint density at radius 2 is 2.06 bits per heavy atom. The summed E-state index contributed by atoms with van der Waals surface area (Å²) in [7, 11) is 1.39. The number of hydrogen-bond acceptors (Lipinski definition) is 3. The van der Waals surface area contributed by atoms with E-state index in [0.29, 0.717) is 17.5 Å². The van der Waals surface area contributed by atoms with Crippen LogP contribution in [0.3, 0.4) is 0 Å². The zero-order valence-electron chi connectivity index (χ0n) is 11.0. The first-order valence-corrected chi connectivity index (χ1v) is 5.98. The predicted molar refractivity (Wildman–Crippen MR) is 70.3 cm³/mol. The van der Waals surface area contributed by atoms with E-state index in [9.17, 15) is 4.79 Å². The SMILES string of the molecule is COC(=O)c1cccc(NC(C)CC(C)C)c1. The first kappa shape index (κ1) is 13.6. The molecule has 0 aromatic heterocycles. The zero-order chi connectivity index (χ0) is 12.8.